The molecule has 6 nitrogen and oxygen atoms in total. The number of nitrogens with one attached hydrogen (secondary N) is 1. The minimum atomic E-state index is -3.89. The van der Waals surface area contributed by atoms with E-state index in [2.05, 4.69) is 21.2 Å². The number of sulfonamides is 1. The summed E-state index contributed by atoms with van der Waals surface area (Å²) < 4.78 is 34.1. The van der Waals surface area contributed by atoms with Gasteiger partial charge in [-0.15, -0.1) is 0 Å². The standard InChI is InChI=1S/C23H23BrN2O4S/c1-2-30-22-11-7-6-10-21(22)25-23(27)17-26(16-18-12-14-19(24)15-13-18)31(28,29)20-8-4-3-5-9-20/h3-15H,2,16-17H2,1H3,(H,25,27). The number of rotatable bonds is 9. The molecule has 0 radical (unpaired) electrons. The summed E-state index contributed by atoms with van der Waals surface area (Å²) in [6.07, 6.45) is 0. The van der Waals surface area contributed by atoms with E-state index < -0.39 is 15.9 Å². The van der Waals surface area contributed by atoms with Gasteiger partial charge in [-0.25, -0.2) is 8.42 Å². The second-order valence-corrected chi connectivity index (χ2v) is 9.54. The summed E-state index contributed by atoms with van der Waals surface area (Å²) in [6.45, 7) is 2.02. The van der Waals surface area contributed by atoms with E-state index in [4.69, 9.17) is 4.74 Å². The van der Waals surface area contributed by atoms with Crippen molar-refractivity contribution in [2.24, 2.45) is 0 Å². The largest absolute Gasteiger partial charge is 0.492 e. The van der Waals surface area contributed by atoms with Gasteiger partial charge in [-0.05, 0) is 48.9 Å². The highest BCUT2D eigenvalue weighted by atomic mass is 79.9. The molecule has 0 saturated carbocycles. The van der Waals surface area contributed by atoms with Crippen molar-refractivity contribution in [2.45, 2.75) is 18.4 Å². The summed E-state index contributed by atoms with van der Waals surface area (Å²) in [6, 6.07) is 22.5. The maximum absolute atomic E-state index is 13.3. The first-order chi connectivity index (χ1) is 14.9. The quantitative estimate of drug-likeness (QED) is 0.460. The molecular formula is C23H23BrN2O4S. The van der Waals surface area contributed by atoms with E-state index in [1.165, 1.54) is 16.4 Å². The van der Waals surface area contributed by atoms with Crippen molar-refractivity contribution in [3.63, 3.8) is 0 Å². The maximum Gasteiger partial charge on any atom is 0.243 e. The molecule has 0 heterocycles. The Labute approximate surface area is 191 Å². The molecule has 3 rings (SSSR count). The second kappa shape index (κ2) is 10.6. The Morgan fingerprint density at radius 3 is 2.29 bits per heavy atom. The Morgan fingerprint density at radius 2 is 1.61 bits per heavy atom. The Balaban J connectivity index is 1.86. The third-order valence-corrected chi connectivity index (χ3v) is 6.77. The molecule has 0 bridgehead atoms. The fraction of sp³-hybridized carbons (Fsp3) is 0.174. The molecule has 0 aromatic heterocycles. The third-order valence-electron chi connectivity index (χ3n) is 4.43. The number of hydrogen-bond donors (Lipinski definition) is 1. The van der Waals surface area contributed by atoms with Crippen molar-refractivity contribution < 1.29 is 17.9 Å². The molecule has 3 aromatic carbocycles. The van der Waals surface area contributed by atoms with Gasteiger partial charge in [-0.2, -0.15) is 4.31 Å². The number of carbonyl (C=O) groups excluding carboxylic acids is 1. The van der Waals surface area contributed by atoms with Gasteiger partial charge in [-0.1, -0.05) is 58.4 Å². The Bertz CT molecular complexity index is 1120. The van der Waals surface area contributed by atoms with Gasteiger partial charge in [0.1, 0.15) is 5.75 Å². The highest BCUT2D eigenvalue weighted by molar-refractivity contribution is 9.10. The van der Waals surface area contributed by atoms with Crippen molar-refractivity contribution in [1.82, 2.24) is 4.31 Å². The van der Waals surface area contributed by atoms with Crippen LogP contribution in [0.5, 0.6) is 5.75 Å². The van der Waals surface area contributed by atoms with Crippen LogP contribution in [0.3, 0.4) is 0 Å². The number of halogens is 1. The van der Waals surface area contributed by atoms with E-state index >= 15 is 0 Å². The molecule has 31 heavy (non-hydrogen) atoms. The minimum absolute atomic E-state index is 0.0606. The van der Waals surface area contributed by atoms with Crippen LogP contribution < -0.4 is 10.1 Å². The highest BCUT2D eigenvalue weighted by Gasteiger charge is 2.27. The maximum atomic E-state index is 13.3. The van der Waals surface area contributed by atoms with Crippen LogP contribution in [0.4, 0.5) is 5.69 Å². The zero-order chi connectivity index (χ0) is 22.3. The van der Waals surface area contributed by atoms with Crippen molar-refractivity contribution in [1.29, 1.82) is 0 Å². The summed E-state index contributed by atoms with van der Waals surface area (Å²) in [5, 5.41) is 2.77. The first-order valence-electron chi connectivity index (χ1n) is 9.71. The smallest absolute Gasteiger partial charge is 0.243 e. The van der Waals surface area contributed by atoms with Crippen LogP contribution >= 0.6 is 15.9 Å². The third kappa shape index (κ3) is 6.16. The molecule has 0 aliphatic rings. The summed E-state index contributed by atoms with van der Waals surface area (Å²) in [4.78, 5) is 13.0. The Kier molecular flexibility index (Phi) is 7.84. The van der Waals surface area contributed by atoms with Gasteiger partial charge in [0, 0.05) is 11.0 Å². The Hall–Kier alpha value is -2.68. The van der Waals surface area contributed by atoms with Gasteiger partial charge in [-0.3, -0.25) is 4.79 Å². The van der Waals surface area contributed by atoms with Gasteiger partial charge in [0.05, 0.1) is 23.7 Å². The molecule has 1 N–H and O–H groups in total. The number of ether oxygens (including phenoxy) is 1. The topological polar surface area (TPSA) is 75.7 Å². The molecule has 0 aliphatic heterocycles. The van der Waals surface area contributed by atoms with E-state index in [1.54, 1.807) is 42.5 Å². The lowest BCUT2D eigenvalue weighted by Gasteiger charge is -2.22. The minimum Gasteiger partial charge on any atom is -0.492 e. The molecule has 0 fully saturated rings. The lowest BCUT2D eigenvalue weighted by Crippen LogP contribution is -2.37. The molecule has 3 aromatic rings. The van der Waals surface area contributed by atoms with Crippen LogP contribution in [-0.4, -0.2) is 31.8 Å². The number of amides is 1. The highest BCUT2D eigenvalue weighted by Crippen LogP contribution is 2.24. The van der Waals surface area contributed by atoms with Crippen LogP contribution in [0.25, 0.3) is 0 Å². The molecule has 0 atom stereocenters. The predicted molar refractivity (Wildman–Crippen MR) is 124 cm³/mol. The number of para-hydroxylation sites is 2. The van der Waals surface area contributed by atoms with Gasteiger partial charge in [0.25, 0.3) is 0 Å². The van der Waals surface area contributed by atoms with Crippen LogP contribution in [0, 0.1) is 0 Å². The molecule has 0 spiro atoms. The van der Waals surface area contributed by atoms with Gasteiger partial charge >= 0.3 is 0 Å². The number of anilines is 1. The normalized spacial score (nSPS) is 11.3. The average molecular weight is 503 g/mol. The number of nitrogens with zero attached hydrogens (tertiary/aromatic N) is 1. The van der Waals surface area contributed by atoms with Crippen molar-refractivity contribution in [2.75, 3.05) is 18.5 Å². The van der Waals surface area contributed by atoms with Crippen LogP contribution in [-0.2, 0) is 21.4 Å². The first kappa shape index (κ1) is 23.0. The van der Waals surface area contributed by atoms with Crippen molar-refractivity contribution in [3.8, 4) is 5.75 Å². The number of benzene rings is 3. The van der Waals surface area contributed by atoms with E-state index in [9.17, 15) is 13.2 Å². The van der Waals surface area contributed by atoms with E-state index in [0.717, 1.165) is 10.0 Å². The fourth-order valence-corrected chi connectivity index (χ4v) is 4.63. The second-order valence-electron chi connectivity index (χ2n) is 6.69. The summed E-state index contributed by atoms with van der Waals surface area (Å²) >= 11 is 3.38. The van der Waals surface area contributed by atoms with Gasteiger partial charge < -0.3 is 10.1 Å². The molecule has 8 heteroatoms. The molecule has 162 valence electrons. The summed E-state index contributed by atoms with van der Waals surface area (Å²) in [5.74, 6) is 0.0764. The SMILES string of the molecule is CCOc1ccccc1NC(=O)CN(Cc1ccc(Br)cc1)S(=O)(=O)c1ccccc1. The monoisotopic (exact) mass is 502 g/mol. The predicted octanol–water partition coefficient (Wildman–Crippen LogP) is 4.68. The first-order valence-corrected chi connectivity index (χ1v) is 11.9. The van der Waals surface area contributed by atoms with Gasteiger partial charge in [0.2, 0.25) is 15.9 Å². The van der Waals surface area contributed by atoms with E-state index in [0.29, 0.717) is 18.0 Å². The van der Waals surface area contributed by atoms with Gasteiger partial charge in [0.15, 0.2) is 0 Å². The molecular weight excluding hydrogens is 480 g/mol. The molecule has 1 amide bonds. The zero-order valence-electron chi connectivity index (χ0n) is 17.0. The summed E-state index contributed by atoms with van der Waals surface area (Å²) in [7, 11) is -3.89. The lowest BCUT2D eigenvalue weighted by molar-refractivity contribution is -0.116. The van der Waals surface area contributed by atoms with Crippen LogP contribution in [0.2, 0.25) is 0 Å². The van der Waals surface area contributed by atoms with E-state index in [-0.39, 0.29) is 18.0 Å². The van der Waals surface area contributed by atoms with Crippen LogP contribution in [0.1, 0.15) is 12.5 Å². The lowest BCUT2D eigenvalue weighted by atomic mass is 10.2. The number of carbonyl (C=O) groups is 1. The zero-order valence-corrected chi connectivity index (χ0v) is 19.4. The fourth-order valence-electron chi connectivity index (χ4n) is 2.96. The van der Waals surface area contributed by atoms with E-state index in [1.807, 2.05) is 31.2 Å². The van der Waals surface area contributed by atoms with Crippen molar-refractivity contribution >= 4 is 37.5 Å². The molecule has 0 unspecified atom stereocenters. The average Bonchev–Trinajstić information content (AvgIpc) is 2.77. The Morgan fingerprint density at radius 1 is 0.968 bits per heavy atom. The molecule has 0 saturated heterocycles. The summed E-state index contributed by atoms with van der Waals surface area (Å²) in [5.41, 5.74) is 1.26. The van der Waals surface area contributed by atoms with Crippen LogP contribution in [0.15, 0.2) is 88.2 Å². The molecule has 0 aliphatic carbocycles. The van der Waals surface area contributed by atoms with Crippen molar-refractivity contribution in [3.05, 3.63) is 88.9 Å². The number of hydrogen-bond acceptors (Lipinski definition) is 4.